The first kappa shape index (κ1) is 15.7. The average molecular weight is 308 g/mol. The minimum atomic E-state index is -0.442. The van der Waals surface area contributed by atoms with Gasteiger partial charge in [-0.25, -0.2) is 14.4 Å². The summed E-state index contributed by atoms with van der Waals surface area (Å²) in [5, 5.41) is 3.35. The van der Waals surface area contributed by atoms with Crippen LogP contribution in [0.15, 0.2) is 18.2 Å². The molecule has 0 saturated carbocycles. The smallest absolute Gasteiger partial charge is 0.161 e. The number of halogens is 2. The predicted molar refractivity (Wildman–Crippen MR) is 85.4 cm³/mol. The minimum Gasteiger partial charge on any atom is -0.370 e. The van der Waals surface area contributed by atoms with Crippen LogP contribution in [0.4, 0.5) is 10.2 Å². The standard InChI is InChI=1S/C16H19ClFN3/c1-5-19-16-14(9(2)3)10(4)20-15(21-16)11-6-7-13(18)12(17)8-11/h6-9H,5H2,1-4H3,(H,19,20,21). The highest BCUT2D eigenvalue weighted by Crippen LogP contribution is 2.29. The van der Waals surface area contributed by atoms with Gasteiger partial charge in [-0.3, -0.25) is 0 Å². The predicted octanol–water partition coefficient (Wildman–Crippen LogP) is 4.80. The molecule has 1 aromatic heterocycles. The maximum atomic E-state index is 13.3. The Morgan fingerprint density at radius 2 is 2.00 bits per heavy atom. The fraction of sp³-hybridized carbons (Fsp3) is 0.375. The zero-order valence-corrected chi connectivity index (χ0v) is 13.4. The Labute approximate surface area is 129 Å². The average Bonchev–Trinajstić information content (AvgIpc) is 2.41. The molecule has 0 unspecified atom stereocenters. The van der Waals surface area contributed by atoms with E-state index < -0.39 is 5.82 Å². The van der Waals surface area contributed by atoms with Crippen LogP contribution in [0.2, 0.25) is 5.02 Å². The van der Waals surface area contributed by atoms with Crippen molar-refractivity contribution in [1.29, 1.82) is 0 Å². The number of aromatic nitrogens is 2. The molecule has 0 radical (unpaired) electrons. The summed E-state index contributed by atoms with van der Waals surface area (Å²) in [7, 11) is 0. The van der Waals surface area contributed by atoms with E-state index >= 15 is 0 Å². The third-order valence-corrected chi connectivity index (χ3v) is 3.53. The summed E-state index contributed by atoms with van der Waals surface area (Å²) in [5.74, 6) is 1.26. The number of hydrogen-bond donors (Lipinski definition) is 1. The number of rotatable bonds is 4. The summed E-state index contributed by atoms with van der Waals surface area (Å²) >= 11 is 5.84. The van der Waals surface area contributed by atoms with Crippen molar-refractivity contribution in [2.45, 2.75) is 33.6 Å². The van der Waals surface area contributed by atoms with Crippen LogP contribution >= 0.6 is 11.6 Å². The van der Waals surface area contributed by atoms with Crippen LogP contribution in [0.25, 0.3) is 11.4 Å². The van der Waals surface area contributed by atoms with Crippen LogP contribution in [0.5, 0.6) is 0 Å². The lowest BCUT2D eigenvalue weighted by molar-refractivity contribution is 0.628. The van der Waals surface area contributed by atoms with Crippen molar-refractivity contribution in [2.75, 3.05) is 11.9 Å². The van der Waals surface area contributed by atoms with E-state index in [1.807, 2.05) is 13.8 Å². The van der Waals surface area contributed by atoms with Crippen molar-refractivity contribution in [3.05, 3.63) is 40.3 Å². The van der Waals surface area contributed by atoms with E-state index in [-0.39, 0.29) is 5.02 Å². The van der Waals surface area contributed by atoms with Crippen LogP contribution in [-0.2, 0) is 0 Å². The van der Waals surface area contributed by atoms with Gasteiger partial charge >= 0.3 is 0 Å². The molecule has 0 aliphatic carbocycles. The molecule has 5 heteroatoms. The molecule has 1 aromatic carbocycles. The van der Waals surface area contributed by atoms with E-state index in [4.69, 9.17) is 11.6 Å². The summed E-state index contributed by atoms with van der Waals surface area (Å²) in [5.41, 5.74) is 2.74. The van der Waals surface area contributed by atoms with E-state index in [0.717, 1.165) is 23.6 Å². The van der Waals surface area contributed by atoms with Crippen molar-refractivity contribution >= 4 is 17.4 Å². The third kappa shape index (κ3) is 3.32. The van der Waals surface area contributed by atoms with Gasteiger partial charge in [0.05, 0.1) is 5.02 Å². The third-order valence-electron chi connectivity index (χ3n) is 3.24. The van der Waals surface area contributed by atoms with Crippen LogP contribution in [0, 0.1) is 12.7 Å². The van der Waals surface area contributed by atoms with Crippen molar-refractivity contribution in [3.63, 3.8) is 0 Å². The largest absolute Gasteiger partial charge is 0.370 e. The molecular weight excluding hydrogens is 289 g/mol. The normalized spacial score (nSPS) is 11.0. The second-order valence-electron chi connectivity index (χ2n) is 5.21. The molecule has 0 atom stereocenters. The summed E-state index contributed by atoms with van der Waals surface area (Å²) in [4.78, 5) is 9.13. The van der Waals surface area contributed by atoms with Crippen molar-refractivity contribution in [3.8, 4) is 11.4 Å². The van der Waals surface area contributed by atoms with Gasteiger partial charge in [-0.1, -0.05) is 25.4 Å². The summed E-state index contributed by atoms with van der Waals surface area (Å²) in [6.45, 7) is 8.99. The Hall–Kier alpha value is -1.68. The van der Waals surface area contributed by atoms with Crippen LogP contribution in [-0.4, -0.2) is 16.5 Å². The van der Waals surface area contributed by atoms with Gasteiger partial charge in [-0.05, 0) is 38.0 Å². The Kier molecular flexibility index (Phi) is 4.78. The fourth-order valence-corrected chi connectivity index (χ4v) is 2.52. The number of benzene rings is 1. The molecule has 0 aliphatic rings. The molecule has 112 valence electrons. The highest BCUT2D eigenvalue weighted by molar-refractivity contribution is 6.31. The zero-order chi connectivity index (χ0) is 15.6. The molecule has 0 aliphatic heterocycles. The van der Waals surface area contributed by atoms with Gasteiger partial charge in [0.2, 0.25) is 0 Å². The van der Waals surface area contributed by atoms with Crippen LogP contribution in [0.1, 0.15) is 37.9 Å². The van der Waals surface area contributed by atoms with Crippen molar-refractivity contribution in [1.82, 2.24) is 9.97 Å². The minimum absolute atomic E-state index is 0.0756. The fourth-order valence-electron chi connectivity index (χ4n) is 2.34. The molecular formula is C16H19ClFN3. The summed E-state index contributed by atoms with van der Waals surface area (Å²) in [6, 6.07) is 4.52. The Bertz CT molecular complexity index is 656. The van der Waals surface area contributed by atoms with Gasteiger partial charge in [0.1, 0.15) is 11.6 Å². The van der Waals surface area contributed by atoms with E-state index in [0.29, 0.717) is 17.3 Å². The van der Waals surface area contributed by atoms with Crippen molar-refractivity contribution < 1.29 is 4.39 Å². The van der Waals surface area contributed by atoms with Gasteiger partial charge in [0.25, 0.3) is 0 Å². The molecule has 0 spiro atoms. The van der Waals surface area contributed by atoms with Gasteiger partial charge in [-0.2, -0.15) is 0 Å². The van der Waals surface area contributed by atoms with Crippen LogP contribution in [0.3, 0.4) is 0 Å². The summed E-state index contributed by atoms with van der Waals surface area (Å²) < 4.78 is 13.3. The number of anilines is 1. The van der Waals surface area contributed by atoms with E-state index in [9.17, 15) is 4.39 Å². The Morgan fingerprint density at radius 1 is 1.29 bits per heavy atom. The monoisotopic (exact) mass is 307 g/mol. The Morgan fingerprint density at radius 3 is 2.57 bits per heavy atom. The molecule has 0 fully saturated rings. The quantitative estimate of drug-likeness (QED) is 0.881. The number of nitrogens with one attached hydrogen (secondary N) is 1. The molecule has 2 rings (SSSR count). The lowest BCUT2D eigenvalue weighted by atomic mass is 10.0. The molecule has 0 bridgehead atoms. The van der Waals surface area contributed by atoms with E-state index in [2.05, 4.69) is 29.1 Å². The second kappa shape index (κ2) is 6.39. The molecule has 1 N–H and O–H groups in total. The van der Waals surface area contributed by atoms with Gasteiger partial charge in [0, 0.05) is 23.4 Å². The maximum absolute atomic E-state index is 13.3. The molecule has 0 amide bonds. The molecule has 0 saturated heterocycles. The van der Waals surface area contributed by atoms with E-state index in [1.54, 1.807) is 12.1 Å². The van der Waals surface area contributed by atoms with Crippen molar-refractivity contribution in [2.24, 2.45) is 0 Å². The maximum Gasteiger partial charge on any atom is 0.161 e. The lowest BCUT2D eigenvalue weighted by Gasteiger charge is -2.16. The molecule has 3 nitrogen and oxygen atoms in total. The first-order chi connectivity index (χ1) is 9.93. The number of hydrogen-bond acceptors (Lipinski definition) is 3. The van der Waals surface area contributed by atoms with Gasteiger partial charge < -0.3 is 5.32 Å². The highest BCUT2D eigenvalue weighted by Gasteiger charge is 2.15. The van der Waals surface area contributed by atoms with E-state index in [1.165, 1.54) is 6.07 Å². The first-order valence-corrected chi connectivity index (χ1v) is 7.39. The summed E-state index contributed by atoms with van der Waals surface area (Å²) in [6.07, 6.45) is 0. The number of nitrogens with zero attached hydrogens (tertiary/aromatic N) is 2. The topological polar surface area (TPSA) is 37.8 Å². The molecule has 1 heterocycles. The van der Waals surface area contributed by atoms with Crippen LogP contribution < -0.4 is 5.32 Å². The molecule has 2 aromatic rings. The van der Waals surface area contributed by atoms with Gasteiger partial charge in [-0.15, -0.1) is 0 Å². The number of aryl methyl sites for hydroxylation is 1. The Balaban J connectivity index is 2.57. The SMILES string of the molecule is CCNc1nc(-c2ccc(F)c(Cl)c2)nc(C)c1C(C)C. The first-order valence-electron chi connectivity index (χ1n) is 7.01. The lowest BCUT2D eigenvalue weighted by Crippen LogP contribution is -2.09. The molecule has 21 heavy (non-hydrogen) atoms. The van der Waals surface area contributed by atoms with Gasteiger partial charge in [0.15, 0.2) is 5.82 Å². The highest BCUT2D eigenvalue weighted by atomic mass is 35.5. The zero-order valence-electron chi connectivity index (χ0n) is 12.7. The second-order valence-corrected chi connectivity index (χ2v) is 5.62.